The fourth-order valence-electron chi connectivity index (χ4n) is 6.12. The molecular formula is C20H26N2O8. The number of hydrogen-bond donors (Lipinski definition) is 7. The second kappa shape index (κ2) is 6.36. The van der Waals surface area contributed by atoms with Crippen molar-refractivity contribution in [1.29, 1.82) is 0 Å². The van der Waals surface area contributed by atoms with Crippen molar-refractivity contribution >= 4 is 17.5 Å². The van der Waals surface area contributed by atoms with Crippen molar-refractivity contribution in [1.82, 2.24) is 0 Å². The molecule has 1 amide bonds. The minimum absolute atomic E-state index is 0.197. The van der Waals surface area contributed by atoms with E-state index in [1.54, 1.807) is 0 Å². The van der Waals surface area contributed by atoms with Gasteiger partial charge in [-0.2, -0.15) is 0 Å². The lowest BCUT2D eigenvalue weighted by molar-refractivity contribution is -0.169. The van der Waals surface area contributed by atoms with Crippen molar-refractivity contribution in [2.45, 2.75) is 56.0 Å². The van der Waals surface area contributed by atoms with Crippen molar-refractivity contribution < 1.29 is 39.9 Å². The summed E-state index contributed by atoms with van der Waals surface area (Å²) in [7, 11) is 0. The molecular weight excluding hydrogens is 396 g/mol. The molecule has 9 N–H and O–H groups in total. The number of fused-ring (bicyclic) bond motifs is 3. The second-order valence-corrected chi connectivity index (χ2v) is 9.12. The summed E-state index contributed by atoms with van der Waals surface area (Å²) in [5, 5.41) is 54.3. The van der Waals surface area contributed by atoms with Crippen LogP contribution < -0.4 is 11.5 Å². The monoisotopic (exact) mass is 422 g/mol. The minimum Gasteiger partial charge on any atom is -0.510 e. The van der Waals surface area contributed by atoms with E-state index in [9.17, 15) is 39.9 Å². The molecule has 8 atom stereocenters. The first-order chi connectivity index (χ1) is 13.9. The van der Waals surface area contributed by atoms with Crippen LogP contribution >= 0.6 is 0 Å². The van der Waals surface area contributed by atoms with Crippen LogP contribution in [0.25, 0.3) is 0 Å². The zero-order valence-electron chi connectivity index (χ0n) is 16.4. The first-order valence-electron chi connectivity index (χ1n) is 10.0. The fourth-order valence-corrected chi connectivity index (χ4v) is 6.12. The third-order valence-corrected chi connectivity index (χ3v) is 7.70. The number of primary amides is 1. The lowest BCUT2D eigenvalue weighted by Crippen LogP contribution is -2.67. The van der Waals surface area contributed by atoms with Gasteiger partial charge in [-0.1, -0.05) is 6.42 Å². The number of amides is 1. The lowest BCUT2D eigenvalue weighted by atomic mass is 9.50. The van der Waals surface area contributed by atoms with Gasteiger partial charge in [0.05, 0.1) is 23.7 Å². The molecule has 0 aromatic carbocycles. The average Bonchev–Trinajstić information content (AvgIpc) is 2.66. The molecule has 3 unspecified atom stereocenters. The Balaban J connectivity index is 1.94. The molecule has 0 heterocycles. The number of hydrogen-bond acceptors (Lipinski definition) is 9. The lowest BCUT2D eigenvalue weighted by Gasteiger charge is -2.56. The highest BCUT2D eigenvalue weighted by atomic mass is 16.3. The van der Waals surface area contributed by atoms with E-state index in [4.69, 9.17) is 11.5 Å². The van der Waals surface area contributed by atoms with E-state index in [0.29, 0.717) is 19.3 Å². The molecule has 0 aliphatic heterocycles. The van der Waals surface area contributed by atoms with Gasteiger partial charge in [-0.3, -0.25) is 14.4 Å². The molecule has 10 nitrogen and oxygen atoms in total. The van der Waals surface area contributed by atoms with Crippen molar-refractivity contribution in [2.75, 3.05) is 0 Å². The van der Waals surface area contributed by atoms with Crippen molar-refractivity contribution in [3.63, 3.8) is 0 Å². The molecule has 10 heteroatoms. The topological polar surface area (TPSA) is 204 Å². The Kier molecular flexibility index (Phi) is 4.45. The van der Waals surface area contributed by atoms with Gasteiger partial charge in [0, 0.05) is 23.3 Å². The molecule has 0 spiro atoms. The van der Waals surface area contributed by atoms with Crippen molar-refractivity contribution in [2.24, 2.45) is 35.1 Å². The highest BCUT2D eigenvalue weighted by molar-refractivity contribution is 6.24. The Morgan fingerprint density at radius 2 is 1.77 bits per heavy atom. The van der Waals surface area contributed by atoms with E-state index < -0.39 is 81.6 Å². The van der Waals surface area contributed by atoms with Crippen LogP contribution in [-0.4, -0.2) is 66.4 Å². The van der Waals surface area contributed by atoms with E-state index in [2.05, 4.69) is 0 Å². The molecule has 4 aliphatic carbocycles. The zero-order chi connectivity index (χ0) is 22.3. The smallest absolute Gasteiger partial charge is 0.255 e. The van der Waals surface area contributed by atoms with Gasteiger partial charge in [0.2, 0.25) is 5.78 Å². The maximum atomic E-state index is 13.3. The normalized spacial score (nSPS) is 46.3. The SMILES string of the molecule is C[C@@]1(O)C2CCCC(O)C2C(=O)C2=C(O)[C@]3(O)C(=O)C(C(N)=O)=C(O)[C@@H](N)[C@@H]3C[C@@H]21. The number of carbonyl (C=O) groups excluding carboxylic acids is 3. The number of aliphatic hydroxyl groups excluding tert-OH is 3. The molecule has 0 bridgehead atoms. The molecule has 4 rings (SSSR count). The largest absolute Gasteiger partial charge is 0.510 e. The van der Waals surface area contributed by atoms with E-state index in [1.807, 2.05) is 0 Å². The number of ketones is 2. The van der Waals surface area contributed by atoms with Gasteiger partial charge in [-0.05, 0) is 26.2 Å². The van der Waals surface area contributed by atoms with Gasteiger partial charge in [0.1, 0.15) is 17.1 Å². The zero-order valence-corrected chi connectivity index (χ0v) is 16.4. The van der Waals surface area contributed by atoms with Crippen LogP contribution in [0.1, 0.15) is 32.6 Å². The molecule has 0 radical (unpaired) electrons. The summed E-state index contributed by atoms with van der Waals surface area (Å²) in [4.78, 5) is 37.9. The molecule has 30 heavy (non-hydrogen) atoms. The second-order valence-electron chi connectivity index (χ2n) is 9.12. The van der Waals surface area contributed by atoms with Crippen LogP contribution in [0.3, 0.4) is 0 Å². The number of aliphatic hydroxyl groups is 5. The summed E-state index contributed by atoms with van der Waals surface area (Å²) in [5.41, 5.74) is 5.59. The first-order valence-corrected chi connectivity index (χ1v) is 10.0. The maximum Gasteiger partial charge on any atom is 0.255 e. The summed E-state index contributed by atoms with van der Waals surface area (Å²) < 4.78 is 0. The molecule has 2 saturated carbocycles. The highest BCUT2D eigenvalue weighted by Gasteiger charge is 2.67. The fraction of sp³-hybridized carbons (Fsp3) is 0.650. The van der Waals surface area contributed by atoms with E-state index in [0.717, 1.165) is 0 Å². The molecule has 0 saturated heterocycles. The Labute approximate surface area is 171 Å². The van der Waals surface area contributed by atoms with Crippen LogP contribution in [0.5, 0.6) is 0 Å². The van der Waals surface area contributed by atoms with Crippen LogP contribution in [0.4, 0.5) is 0 Å². The van der Waals surface area contributed by atoms with Gasteiger partial charge in [-0.25, -0.2) is 0 Å². The third kappa shape index (κ3) is 2.36. The first kappa shape index (κ1) is 21.0. The number of carbonyl (C=O) groups is 3. The molecule has 2 fully saturated rings. The standard InChI is InChI=1S/C20H26N2O8/c1-19(29)6-3-2-4-9(23)10(6)14(24)11-7(19)5-8-13(21)15(25)12(18(22)28)17(27)20(8,30)16(11)26/h6-10,13,23,25-26,29-30H,2-5,21H2,1H3,(H2,22,28)/t6?,7-,8-,9?,10?,13-,19+,20-/m0/s1. The van der Waals surface area contributed by atoms with Gasteiger partial charge in [-0.15, -0.1) is 0 Å². The van der Waals surface area contributed by atoms with Crippen LogP contribution in [0.15, 0.2) is 22.7 Å². The van der Waals surface area contributed by atoms with E-state index in [-0.39, 0.29) is 12.0 Å². The summed E-state index contributed by atoms with van der Waals surface area (Å²) in [6, 6.07) is -1.43. The number of rotatable bonds is 1. The Hall–Kier alpha value is -2.27. The average molecular weight is 422 g/mol. The Bertz CT molecular complexity index is 922. The van der Waals surface area contributed by atoms with Gasteiger partial charge < -0.3 is 37.0 Å². The Morgan fingerprint density at radius 3 is 2.37 bits per heavy atom. The molecule has 164 valence electrons. The van der Waals surface area contributed by atoms with Gasteiger partial charge in [0.25, 0.3) is 5.91 Å². The number of Topliss-reactive ketones (excluding diaryl/α,β-unsaturated/α-hetero) is 2. The van der Waals surface area contributed by atoms with Gasteiger partial charge >= 0.3 is 0 Å². The maximum absolute atomic E-state index is 13.3. The predicted molar refractivity (Wildman–Crippen MR) is 101 cm³/mol. The summed E-state index contributed by atoms with van der Waals surface area (Å²) in [5.74, 6) is -8.98. The van der Waals surface area contributed by atoms with Crippen LogP contribution in [-0.2, 0) is 14.4 Å². The predicted octanol–water partition coefficient (Wildman–Crippen LogP) is -1.52. The molecule has 4 aliphatic rings. The molecule has 0 aromatic rings. The van der Waals surface area contributed by atoms with Crippen molar-refractivity contribution in [3.8, 4) is 0 Å². The summed E-state index contributed by atoms with van der Waals surface area (Å²) in [6.07, 6.45) is 0.214. The minimum atomic E-state index is -2.75. The summed E-state index contributed by atoms with van der Waals surface area (Å²) in [6.45, 7) is 1.50. The Morgan fingerprint density at radius 1 is 1.13 bits per heavy atom. The van der Waals surface area contributed by atoms with Gasteiger partial charge in [0.15, 0.2) is 11.4 Å². The highest BCUT2D eigenvalue weighted by Crippen LogP contribution is 2.57. The van der Waals surface area contributed by atoms with E-state index >= 15 is 0 Å². The number of nitrogens with two attached hydrogens (primary N) is 2. The molecule has 0 aromatic heterocycles. The quantitative estimate of drug-likeness (QED) is 0.245. The van der Waals surface area contributed by atoms with Crippen molar-refractivity contribution in [3.05, 3.63) is 22.7 Å². The summed E-state index contributed by atoms with van der Waals surface area (Å²) >= 11 is 0. The van der Waals surface area contributed by atoms with E-state index in [1.165, 1.54) is 6.92 Å². The van der Waals surface area contributed by atoms with Crippen LogP contribution in [0.2, 0.25) is 0 Å². The third-order valence-electron chi connectivity index (χ3n) is 7.70. The van der Waals surface area contributed by atoms with Crippen LogP contribution in [0, 0.1) is 23.7 Å².